The lowest BCUT2D eigenvalue weighted by Gasteiger charge is -2.35. The minimum atomic E-state index is -0.973. The summed E-state index contributed by atoms with van der Waals surface area (Å²) in [5, 5.41) is 23.8. The van der Waals surface area contributed by atoms with Crippen LogP contribution in [0, 0.1) is 41.4 Å². The fraction of sp³-hybridized carbons (Fsp3) is 0.746. The average Bonchev–Trinajstić information content (AvgIpc) is 3.38. The zero-order chi connectivity index (χ0) is 57.8. The Labute approximate surface area is 457 Å². The maximum atomic E-state index is 13.6. The fourth-order valence-electron chi connectivity index (χ4n) is 9.39. The van der Waals surface area contributed by atoms with Crippen molar-refractivity contribution in [3.8, 4) is 0 Å². The maximum Gasteiger partial charge on any atom is 0.331 e. The van der Waals surface area contributed by atoms with Gasteiger partial charge in [-0.1, -0.05) is 91.0 Å². The molecule has 0 unspecified atom stereocenters. The molecule has 1 amide bonds. The van der Waals surface area contributed by atoms with Crippen LogP contribution in [0.15, 0.2) is 60.4 Å². The maximum absolute atomic E-state index is 13.6. The van der Waals surface area contributed by atoms with Crippen LogP contribution < -0.4 is 0 Å². The van der Waals surface area contributed by atoms with Gasteiger partial charge in [-0.15, -0.1) is 0 Å². The van der Waals surface area contributed by atoms with Gasteiger partial charge in [-0.05, 0) is 104 Å². The van der Waals surface area contributed by atoms with Gasteiger partial charge in [-0.2, -0.15) is 0 Å². The summed E-state index contributed by atoms with van der Waals surface area (Å²) in [4.78, 5) is 69.3. The molecule has 0 aromatic heterocycles. The van der Waals surface area contributed by atoms with Crippen LogP contribution in [0.1, 0.15) is 121 Å². The molecule has 0 radical (unpaired) electrons. The Morgan fingerprint density at radius 2 is 1.54 bits per heavy atom. The van der Waals surface area contributed by atoms with Gasteiger partial charge in [0.05, 0.1) is 31.0 Å². The van der Waals surface area contributed by atoms with E-state index in [4.69, 9.17) is 33.2 Å². The molecular formula is C59H101N3O14. The van der Waals surface area contributed by atoms with Crippen molar-refractivity contribution in [2.45, 2.75) is 182 Å². The molecule has 0 fully saturated rings. The number of carbonyl (C=O) groups excluding carboxylic acids is 5. The monoisotopic (exact) mass is 1080 g/mol. The number of aliphatic hydroxyl groups excluding tert-OH is 2. The molecule has 1 rings (SSSR count). The Bertz CT molecular complexity index is 1870. The van der Waals surface area contributed by atoms with Gasteiger partial charge in [-0.3, -0.25) is 29.0 Å². The molecule has 1 aliphatic heterocycles. The third-order valence-electron chi connectivity index (χ3n) is 15.2. The molecule has 0 saturated carbocycles. The number of esters is 4. The van der Waals surface area contributed by atoms with E-state index in [0.717, 1.165) is 18.4 Å². The first-order chi connectivity index (χ1) is 35.7. The van der Waals surface area contributed by atoms with Gasteiger partial charge in [0, 0.05) is 84.1 Å². The van der Waals surface area contributed by atoms with Crippen LogP contribution >= 0.6 is 0 Å². The molecule has 0 aliphatic carbocycles. The Kier molecular flexibility index (Phi) is 33.8. The summed E-state index contributed by atoms with van der Waals surface area (Å²) < 4.78 is 41.5. The van der Waals surface area contributed by atoms with E-state index >= 15 is 0 Å². The van der Waals surface area contributed by atoms with E-state index < -0.39 is 90.3 Å². The van der Waals surface area contributed by atoms with Crippen LogP contribution in [-0.4, -0.2) is 179 Å². The van der Waals surface area contributed by atoms with Crippen molar-refractivity contribution >= 4 is 30.3 Å². The zero-order valence-corrected chi connectivity index (χ0v) is 49.6. The molecule has 17 atom stereocenters. The van der Waals surface area contributed by atoms with E-state index in [9.17, 15) is 34.2 Å². The molecule has 0 bridgehead atoms. The Morgan fingerprint density at radius 3 is 2.12 bits per heavy atom. The normalized spacial score (nSPS) is 28.6. The highest BCUT2D eigenvalue weighted by molar-refractivity contribution is 5.82. The van der Waals surface area contributed by atoms with Gasteiger partial charge in [0.2, 0.25) is 6.41 Å². The SMILES string of the molecule is COC[C@H](C(=O)O[C@@H]1C/C=C/C=C/C(=O)O[C@H]([C@@H](C)[C@@H](O)[C@@H](C)CC[C@@H](OC(=O)[C@H](C)N(C)C)[C@H](C)[C@H](OC(C)=O)[C@H](C)/C=C/N(C)C=O)C/C=C/[C@H](OC)C[C@H](C)C/C=C(\C)[C@@H](OC)CC[C@@H](C)[C@@H](O)[C@@H]1C)N(C)C. The topological polar surface area (TPSA) is 200 Å². The van der Waals surface area contributed by atoms with E-state index in [1.54, 1.807) is 96.7 Å². The van der Waals surface area contributed by atoms with E-state index in [0.29, 0.717) is 32.1 Å². The number of hydrogen-bond acceptors (Lipinski definition) is 16. The summed E-state index contributed by atoms with van der Waals surface area (Å²) in [6.07, 6.45) is 15.5. The van der Waals surface area contributed by atoms with Gasteiger partial charge < -0.3 is 48.3 Å². The summed E-state index contributed by atoms with van der Waals surface area (Å²) >= 11 is 0. The fourth-order valence-corrected chi connectivity index (χ4v) is 9.39. The number of rotatable bonds is 23. The number of likely N-dealkylation sites (N-methyl/N-ethyl adjacent to an activating group) is 2. The highest BCUT2D eigenvalue weighted by atomic mass is 16.6. The van der Waals surface area contributed by atoms with Crippen LogP contribution in [0.25, 0.3) is 0 Å². The second-order valence-electron chi connectivity index (χ2n) is 21.9. The number of cyclic esters (lactones) is 1. The van der Waals surface area contributed by atoms with Crippen molar-refractivity contribution in [3.05, 3.63) is 60.4 Å². The summed E-state index contributed by atoms with van der Waals surface area (Å²) in [6, 6.07) is -1.23. The molecule has 17 nitrogen and oxygen atoms in total. The van der Waals surface area contributed by atoms with Crippen molar-refractivity contribution in [3.63, 3.8) is 0 Å². The van der Waals surface area contributed by atoms with Gasteiger partial charge in [0.15, 0.2) is 0 Å². The summed E-state index contributed by atoms with van der Waals surface area (Å²) in [7, 11) is 13.6. The molecule has 0 aromatic rings. The van der Waals surface area contributed by atoms with Crippen LogP contribution in [0.4, 0.5) is 0 Å². The number of nitrogens with zero attached hydrogens (tertiary/aromatic N) is 3. The van der Waals surface area contributed by atoms with E-state index in [1.165, 1.54) is 25.0 Å². The van der Waals surface area contributed by atoms with Crippen LogP contribution in [0.3, 0.4) is 0 Å². The number of aliphatic hydroxyl groups is 2. The van der Waals surface area contributed by atoms with Crippen LogP contribution in [0.2, 0.25) is 0 Å². The lowest BCUT2D eigenvalue weighted by molar-refractivity contribution is -0.166. The molecule has 76 heavy (non-hydrogen) atoms. The smallest absolute Gasteiger partial charge is 0.331 e. The number of hydrogen-bond donors (Lipinski definition) is 2. The standard InChI is InChI=1S/C59H101N3O14/c1-38-27-28-39(2)50(72-18)31-29-40(3)56(67)44(7)52(76-59(69)49(36-70-16)61(13)14)24-20-19-21-26-54(65)74-51(25-22-23-48(35-38)71-17)43(6)55(66)41(4)30-32-53(75-58(68)46(9)60(11)12)45(8)57(73-47(10)64)42(5)33-34-62(15)37-63/h19-23,26,28,33-34,37-38,40-46,48-53,55-57,66-67H,24-25,27,29-32,35-36H2,1-18H3/b20-19+,23-22+,26-21+,34-33+,39-28+/t38-,40-,41+,42-,43-,44-,45+,46+,48+,49-,50+,51+,52-,53-,55+,56-,57-/m1/s1. The quantitative estimate of drug-likeness (QED) is 0.0435. The second-order valence-corrected chi connectivity index (χ2v) is 21.9. The van der Waals surface area contributed by atoms with Gasteiger partial charge in [0.1, 0.15) is 36.5 Å². The Balaban J connectivity index is 3.70. The zero-order valence-electron chi connectivity index (χ0n) is 49.6. The lowest BCUT2D eigenvalue weighted by atomic mass is 9.82. The number of carbonyl (C=O) groups is 5. The molecule has 1 heterocycles. The minimum Gasteiger partial charge on any atom is -0.462 e. The molecule has 0 spiro atoms. The molecule has 0 saturated heterocycles. The number of allylic oxidation sites excluding steroid dienone is 3. The molecule has 0 aromatic carbocycles. The van der Waals surface area contributed by atoms with Gasteiger partial charge in [-0.25, -0.2) is 4.79 Å². The van der Waals surface area contributed by atoms with Gasteiger partial charge >= 0.3 is 23.9 Å². The van der Waals surface area contributed by atoms with Crippen molar-refractivity contribution < 1.29 is 67.3 Å². The molecule has 1 aliphatic rings. The third kappa shape index (κ3) is 25.1. The first kappa shape index (κ1) is 69.8. The molecule has 17 heteroatoms. The van der Waals surface area contributed by atoms with Crippen molar-refractivity contribution in [1.29, 1.82) is 0 Å². The lowest BCUT2D eigenvalue weighted by Crippen LogP contribution is -2.44. The van der Waals surface area contributed by atoms with Crippen molar-refractivity contribution in [2.75, 3.05) is 63.2 Å². The Hall–Kier alpha value is -4.23. The Morgan fingerprint density at radius 1 is 0.868 bits per heavy atom. The summed E-state index contributed by atoms with van der Waals surface area (Å²) in [5.74, 6) is -4.21. The summed E-state index contributed by atoms with van der Waals surface area (Å²) in [5.41, 5.74) is 1.10. The van der Waals surface area contributed by atoms with Gasteiger partial charge in [0.25, 0.3) is 0 Å². The largest absolute Gasteiger partial charge is 0.462 e. The first-order valence-electron chi connectivity index (χ1n) is 27.3. The van der Waals surface area contributed by atoms with E-state index in [-0.39, 0.29) is 55.3 Å². The molecular weight excluding hydrogens is 975 g/mol. The highest BCUT2D eigenvalue weighted by Gasteiger charge is 2.38. The molecule has 436 valence electrons. The van der Waals surface area contributed by atoms with Crippen molar-refractivity contribution in [1.82, 2.24) is 14.7 Å². The average molecular weight is 1080 g/mol. The second kappa shape index (κ2) is 36.8. The predicted molar refractivity (Wildman–Crippen MR) is 297 cm³/mol. The highest BCUT2D eigenvalue weighted by Crippen LogP contribution is 2.32. The van der Waals surface area contributed by atoms with E-state index in [1.807, 2.05) is 53.7 Å². The number of amides is 1. The third-order valence-corrected chi connectivity index (χ3v) is 15.2. The van der Waals surface area contributed by atoms with Crippen LogP contribution in [0.5, 0.6) is 0 Å². The van der Waals surface area contributed by atoms with Crippen LogP contribution in [-0.2, 0) is 57.1 Å². The minimum absolute atomic E-state index is 0.129. The number of methoxy groups -OCH3 is 3. The van der Waals surface area contributed by atoms with Crippen molar-refractivity contribution in [2.24, 2.45) is 41.4 Å². The van der Waals surface area contributed by atoms with E-state index in [2.05, 4.69) is 19.9 Å². The predicted octanol–water partition coefficient (Wildman–Crippen LogP) is 7.74. The number of ether oxygens (including phenoxy) is 7. The summed E-state index contributed by atoms with van der Waals surface area (Å²) in [6.45, 7) is 18.8. The first-order valence-corrected chi connectivity index (χ1v) is 27.3. The molecule has 2 N–H and O–H groups in total.